The van der Waals surface area contributed by atoms with Crippen LogP contribution in [0.25, 0.3) is 0 Å². The molecule has 0 bridgehead atoms. The molecule has 0 aliphatic heterocycles. The fourth-order valence-electron chi connectivity index (χ4n) is 1.72. The third kappa shape index (κ3) is 4.03. The number of nitrogens with one attached hydrogen (secondary N) is 2. The van der Waals surface area contributed by atoms with Crippen LogP contribution in [0.15, 0.2) is 6.20 Å². The highest BCUT2D eigenvalue weighted by atomic mass is 16.1. The summed E-state index contributed by atoms with van der Waals surface area (Å²) < 4.78 is 2.04. The Morgan fingerprint density at radius 1 is 1.50 bits per heavy atom. The standard InChI is InChI=1S/C12H23N5O/c1-5-14-11(18)6-7-13-8-10-9-15-12(16(2)3)17(10)4/h9,13H,5-8H2,1-4H3,(H,14,18). The first-order valence-electron chi connectivity index (χ1n) is 6.21. The predicted molar refractivity (Wildman–Crippen MR) is 72.5 cm³/mol. The van der Waals surface area contributed by atoms with Crippen molar-refractivity contribution in [2.45, 2.75) is 19.9 Å². The van der Waals surface area contributed by atoms with E-state index in [2.05, 4.69) is 15.6 Å². The lowest BCUT2D eigenvalue weighted by Crippen LogP contribution is -2.27. The van der Waals surface area contributed by atoms with Crippen molar-refractivity contribution in [2.75, 3.05) is 32.1 Å². The van der Waals surface area contributed by atoms with Gasteiger partial charge in [-0.15, -0.1) is 0 Å². The highest BCUT2D eigenvalue weighted by Crippen LogP contribution is 2.10. The molecule has 0 aliphatic rings. The Hall–Kier alpha value is -1.56. The first-order valence-corrected chi connectivity index (χ1v) is 6.21. The second-order valence-electron chi connectivity index (χ2n) is 4.38. The van der Waals surface area contributed by atoms with E-state index in [1.54, 1.807) is 0 Å². The Bertz CT molecular complexity index is 386. The van der Waals surface area contributed by atoms with Crippen LogP contribution in [-0.2, 0) is 18.4 Å². The van der Waals surface area contributed by atoms with Gasteiger partial charge in [-0.1, -0.05) is 0 Å². The van der Waals surface area contributed by atoms with Crippen LogP contribution < -0.4 is 15.5 Å². The summed E-state index contributed by atoms with van der Waals surface area (Å²) >= 11 is 0. The number of aromatic nitrogens is 2. The second kappa shape index (κ2) is 7.00. The number of imidazole rings is 1. The molecule has 0 spiro atoms. The zero-order valence-corrected chi connectivity index (χ0v) is 11.7. The molecule has 0 saturated heterocycles. The molecule has 1 aromatic rings. The van der Waals surface area contributed by atoms with Crippen molar-refractivity contribution >= 4 is 11.9 Å². The molecule has 1 amide bonds. The molecule has 6 heteroatoms. The minimum atomic E-state index is 0.0870. The normalized spacial score (nSPS) is 10.4. The number of anilines is 1. The van der Waals surface area contributed by atoms with E-state index in [1.807, 2.05) is 43.7 Å². The van der Waals surface area contributed by atoms with Crippen molar-refractivity contribution < 1.29 is 4.79 Å². The van der Waals surface area contributed by atoms with Crippen molar-refractivity contribution in [1.82, 2.24) is 20.2 Å². The number of carbonyl (C=O) groups excluding carboxylic acids is 1. The van der Waals surface area contributed by atoms with Crippen LogP contribution in [0.5, 0.6) is 0 Å². The molecule has 0 fully saturated rings. The van der Waals surface area contributed by atoms with E-state index in [4.69, 9.17) is 0 Å². The molecule has 6 nitrogen and oxygen atoms in total. The van der Waals surface area contributed by atoms with Gasteiger partial charge in [-0.3, -0.25) is 4.79 Å². The van der Waals surface area contributed by atoms with Gasteiger partial charge in [0.15, 0.2) is 0 Å². The lowest BCUT2D eigenvalue weighted by Gasteiger charge is -2.12. The highest BCUT2D eigenvalue weighted by molar-refractivity contribution is 5.75. The summed E-state index contributed by atoms with van der Waals surface area (Å²) in [4.78, 5) is 17.5. The SMILES string of the molecule is CCNC(=O)CCNCc1cnc(N(C)C)n1C. The van der Waals surface area contributed by atoms with Crippen LogP contribution in [0, 0.1) is 0 Å². The maximum atomic E-state index is 11.2. The van der Waals surface area contributed by atoms with E-state index in [-0.39, 0.29) is 5.91 Å². The third-order valence-electron chi connectivity index (χ3n) is 2.67. The van der Waals surface area contributed by atoms with E-state index in [9.17, 15) is 4.79 Å². The first kappa shape index (κ1) is 14.5. The first-order chi connectivity index (χ1) is 8.56. The lowest BCUT2D eigenvalue weighted by molar-refractivity contribution is -0.120. The molecule has 1 heterocycles. The second-order valence-corrected chi connectivity index (χ2v) is 4.38. The van der Waals surface area contributed by atoms with E-state index in [1.165, 1.54) is 0 Å². The summed E-state index contributed by atoms with van der Waals surface area (Å²) in [6.45, 7) is 4.00. The van der Waals surface area contributed by atoms with Gasteiger partial charge in [0, 0.05) is 47.2 Å². The van der Waals surface area contributed by atoms with E-state index in [0.29, 0.717) is 19.5 Å². The smallest absolute Gasteiger partial charge is 0.221 e. The summed E-state index contributed by atoms with van der Waals surface area (Å²) in [6, 6.07) is 0. The van der Waals surface area contributed by atoms with Gasteiger partial charge in [-0.05, 0) is 6.92 Å². The number of amides is 1. The topological polar surface area (TPSA) is 62.2 Å². The van der Waals surface area contributed by atoms with Crippen molar-refractivity contribution in [2.24, 2.45) is 7.05 Å². The minimum absolute atomic E-state index is 0.0870. The summed E-state index contributed by atoms with van der Waals surface area (Å²) in [6.07, 6.45) is 2.36. The molecule has 2 N–H and O–H groups in total. The molecule has 1 aromatic heterocycles. The molecular weight excluding hydrogens is 230 g/mol. The summed E-state index contributed by atoms with van der Waals surface area (Å²) in [5.74, 6) is 1.01. The zero-order chi connectivity index (χ0) is 13.5. The van der Waals surface area contributed by atoms with Crippen molar-refractivity contribution in [3.63, 3.8) is 0 Å². The lowest BCUT2D eigenvalue weighted by atomic mass is 10.3. The quantitative estimate of drug-likeness (QED) is 0.677. The van der Waals surface area contributed by atoms with Gasteiger partial charge in [0.2, 0.25) is 11.9 Å². The maximum absolute atomic E-state index is 11.2. The largest absolute Gasteiger partial charge is 0.356 e. The van der Waals surface area contributed by atoms with Gasteiger partial charge in [-0.2, -0.15) is 0 Å². The number of rotatable bonds is 7. The van der Waals surface area contributed by atoms with Gasteiger partial charge in [-0.25, -0.2) is 4.98 Å². The van der Waals surface area contributed by atoms with Crippen molar-refractivity contribution in [1.29, 1.82) is 0 Å². The molecule has 0 unspecified atom stereocenters. The Labute approximate surface area is 108 Å². The average Bonchev–Trinajstić information content (AvgIpc) is 2.67. The zero-order valence-electron chi connectivity index (χ0n) is 11.7. The Kier molecular flexibility index (Phi) is 5.64. The summed E-state index contributed by atoms with van der Waals surface area (Å²) in [7, 11) is 5.92. The van der Waals surface area contributed by atoms with Crippen LogP contribution in [0.2, 0.25) is 0 Å². The molecule has 18 heavy (non-hydrogen) atoms. The van der Waals surface area contributed by atoms with Gasteiger partial charge >= 0.3 is 0 Å². The fourth-order valence-corrected chi connectivity index (χ4v) is 1.72. The van der Waals surface area contributed by atoms with Crippen LogP contribution in [0.3, 0.4) is 0 Å². The molecule has 0 aliphatic carbocycles. The third-order valence-corrected chi connectivity index (χ3v) is 2.67. The van der Waals surface area contributed by atoms with Gasteiger partial charge < -0.3 is 20.1 Å². The number of nitrogens with zero attached hydrogens (tertiary/aromatic N) is 3. The Morgan fingerprint density at radius 2 is 2.22 bits per heavy atom. The van der Waals surface area contributed by atoms with Crippen LogP contribution in [0.1, 0.15) is 19.0 Å². The summed E-state index contributed by atoms with van der Waals surface area (Å²) in [5.41, 5.74) is 1.11. The molecule has 0 atom stereocenters. The molecule has 102 valence electrons. The molecular formula is C12H23N5O. The molecule has 0 radical (unpaired) electrons. The van der Waals surface area contributed by atoms with E-state index < -0.39 is 0 Å². The van der Waals surface area contributed by atoms with Crippen molar-refractivity contribution in [3.05, 3.63) is 11.9 Å². The predicted octanol–water partition coefficient (Wildman–Crippen LogP) is 0.102. The van der Waals surface area contributed by atoms with Crippen molar-refractivity contribution in [3.8, 4) is 0 Å². The fraction of sp³-hybridized carbons (Fsp3) is 0.667. The molecule has 0 aromatic carbocycles. The summed E-state index contributed by atoms with van der Waals surface area (Å²) in [5, 5.41) is 6.02. The number of hydrogen-bond donors (Lipinski definition) is 2. The molecule has 0 saturated carbocycles. The van der Waals surface area contributed by atoms with E-state index in [0.717, 1.165) is 18.2 Å². The average molecular weight is 253 g/mol. The Morgan fingerprint density at radius 3 is 2.78 bits per heavy atom. The number of carbonyl (C=O) groups is 1. The van der Waals surface area contributed by atoms with Crippen LogP contribution >= 0.6 is 0 Å². The van der Waals surface area contributed by atoms with Gasteiger partial charge in [0.05, 0.1) is 11.9 Å². The van der Waals surface area contributed by atoms with Gasteiger partial charge in [0.25, 0.3) is 0 Å². The van der Waals surface area contributed by atoms with Crippen LogP contribution in [-0.4, -0.2) is 42.6 Å². The van der Waals surface area contributed by atoms with Gasteiger partial charge in [0.1, 0.15) is 0 Å². The maximum Gasteiger partial charge on any atom is 0.221 e. The number of hydrogen-bond acceptors (Lipinski definition) is 4. The van der Waals surface area contributed by atoms with E-state index >= 15 is 0 Å². The monoisotopic (exact) mass is 253 g/mol. The highest BCUT2D eigenvalue weighted by Gasteiger charge is 2.07. The molecule has 1 rings (SSSR count). The Balaban J connectivity index is 2.34. The minimum Gasteiger partial charge on any atom is -0.356 e. The van der Waals surface area contributed by atoms with Crippen LogP contribution in [0.4, 0.5) is 5.95 Å².